The van der Waals surface area contributed by atoms with Crippen LogP contribution >= 0.6 is 46.4 Å². The SMILES string of the molecule is CCCCNC(=O)C(Cc1ccccc1)N(Cc1c(Cl)cccc1Cl)C(=O)Cc1ccc(Cl)cc1Cl. The van der Waals surface area contributed by atoms with Crippen molar-refractivity contribution < 1.29 is 9.59 Å². The topological polar surface area (TPSA) is 49.4 Å². The summed E-state index contributed by atoms with van der Waals surface area (Å²) in [6.45, 7) is 2.65. The van der Waals surface area contributed by atoms with Gasteiger partial charge in [-0.2, -0.15) is 0 Å². The maximum atomic E-state index is 13.8. The standard InChI is InChI=1S/C28H28Cl4N2O2/c1-2-3-14-33-28(36)26(15-19-8-5-4-6-9-19)34(18-22-23(30)10-7-11-24(22)31)27(35)16-20-12-13-21(29)17-25(20)32/h4-13,17,26H,2-3,14-16,18H2,1H3,(H,33,36). The molecule has 0 saturated carbocycles. The van der Waals surface area contributed by atoms with Gasteiger partial charge in [0.1, 0.15) is 6.04 Å². The minimum Gasteiger partial charge on any atom is -0.354 e. The molecule has 0 aliphatic heterocycles. The quantitative estimate of drug-likeness (QED) is 0.246. The van der Waals surface area contributed by atoms with Crippen LogP contribution in [0, 0.1) is 0 Å². The molecule has 0 saturated heterocycles. The van der Waals surface area contributed by atoms with E-state index in [1.807, 2.05) is 30.3 Å². The zero-order chi connectivity index (χ0) is 26.1. The Morgan fingerprint density at radius 3 is 2.22 bits per heavy atom. The molecule has 3 aromatic rings. The van der Waals surface area contributed by atoms with Crippen LogP contribution in [0.25, 0.3) is 0 Å². The van der Waals surface area contributed by atoms with Gasteiger partial charge in [0, 0.05) is 45.2 Å². The number of carbonyl (C=O) groups is 2. The normalized spacial score (nSPS) is 11.7. The third kappa shape index (κ3) is 7.88. The van der Waals surface area contributed by atoms with Crippen LogP contribution < -0.4 is 5.32 Å². The van der Waals surface area contributed by atoms with Gasteiger partial charge < -0.3 is 10.2 Å². The van der Waals surface area contributed by atoms with E-state index < -0.39 is 6.04 Å². The Balaban J connectivity index is 2.01. The second-order valence-electron chi connectivity index (χ2n) is 8.48. The van der Waals surface area contributed by atoms with Crippen LogP contribution in [0.1, 0.15) is 36.5 Å². The summed E-state index contributed by atoms with van der Waals surface area (Å²) < 4.78 is 0. The van der Waals surface area contributed by atoms with E-state index in [4.69, 9.17) is 46.4 Å². The molecule has 0 heterocycles. The molecule has 0 radical (unpaired) electrons. The fourth-order valence-electron chi connectivity index (χ4n) is 3.84. The number of hydrogen-bond donors (Lipinski definition) is 1. The van der Waals surface area contributed by atoms with E-state index >= 15 is 0 Å². The lowest BCUT2D eigenvalue weighted by molar-refractivity contribution is -0.140. The fraction of sp³-hybridized carbons (Fsp3) is 0.286. The average molecular weight is 566 g/mol. The second kappa shape index (κ2) is 13.9. The lowest BCUT2D eigenvalue weighted by Gasteiger charge is -2.32. The van der Waals surface area contributed by atoms with E-state index in [-0.39, 0.29) is 24.8 Å². The molecule has 3 rings (SSSR count). The summed E-state index contributed by atoms with van der Waals surface area (Å²) >= 11 is 25.3. The van der Waals surface area contributed by atoms with Crippen molar-refractivity contribution >= 4 is 58.2 Å². The number of benzene rings is 3. The van der Waals surface area contributed by atoms with Crippen LogP contribution in [0.15, 0.2) is 66.7 Å². The molecular weight excluding hydrogens is 538 g/mol. The molecule has 0 aliphatic rings. The maximum absolute atomic E-state index is 13.8. The Morgan fingerprint density at radius 1 is 0.889 bits per heavy atom. The number of nitrogens with one attached hydrogen (secondary N) is 1. The van der Waals surface area contributed by atoms with Gasteiger partial charge in [0.25, 0.3) is 0 Å². The predicted octanol–water partition coefficient (Wildman–Crippen LogP) is 7.40. The first-order valence-electron chi connectivity index (χ1n) is 11.8. The first-order chi connectivity index (χ1) is 17.3. The second-order valence-corrected chi connectivity index (χ2v) is 10.1. The lowest BCUT2D eigenvalue weighted by atomic mass is 10.0. The van der Waals surface area contributed by atoms with E-state index in [9.17, 15) is 9.59 Å². The smallest absolute Gasteiger partial charge is 0.243 e. The molecule has 1 atom stereocenters. The number of carbonyl (C=O) groups excluding carboxylic acids is 2. The molecule has 2 amide bonds. The van der Waals surface area contributed by atoms with Crippen molar-refractivity contribution in [2.24, 2.45) is 0 Å². The van der Waals surface area contributed by atoms with Crippen LogP contribution in [0.4, 0.5) is 0 Å². The Labute approximate surface area is 232 Å². The highest BCUT2D eigenvalue weighted by atomic mass is 35.5. The van der Waals surface area contributed by atoms with Crippen molar-refractivity contribution in [3.8, 4) is 0 Å². The highest BCUT2D eigenvalue weighted by molar-refractivity contribution is 6.36. The Kier molecular flexibility index (Phi) is 10.9. The van der Waals surface area contributed by atoms with Gasteiger partial charge in [-0.3, -0.25) is 9.59 Å². The van der Waals surface area contributed by atoms with Gasteiger partial charge in [-0.05, 0) is 41.8 Å². The molecule has 4 nitrogen and oxygen atoms in total. The van der Waals surface area contributed by atoms with E-state index in [1.54, 1.807) is 41.3 Å². The summed E-state index contributed by atoms with van der Waals surface area (Å²) in [6, 6.07) is 19.0. The maximum Gasteiger partial charge on any atom is 0.243 e. The summed E-state index contributed by atoms with van der Waals surface area (Å²) in [7, 11) is 0. The average Bonchev–Trinajstić information content (AvgIpc) is 2.85. The van der Waals surface area contributed by atoms with Gasteiger partial charge in [-0.25, -0.2) is 0 Å². The zero-order valence-corrected chi connectivity index (χ0v) is 23.0. The van der Waals surface area contributed by atoms with E-state index in [2.05, 4.69) is 12.2 Å². The monoisotopic (exact) mass is 564 g/mol. The summed E-state index contributed by atoms with van der Waals surface area (Å²) in [5.41, 5.74) is 2.13. The van der Waals surface area contributed by atoms with Gasteiger partial charge in [-0.15, -0.1) is 0 Å². The first-order valence-corrected chi connectivity index (χ1v) is 13.3. The highest BCUT2D eigenvalue weighted by Gasteiger charge is 2.31. The molecule has 0 spiro atoms. The molecule has 8 heteroatoms. The third-order valence-corrected chi connectivity index (χ3v) is 7.14. The minimum atomic E-state index is -0.782. The van der Waals surface area contributed by atoms with E-state index in [0.717, 1.165) is 18.4 Å². The van der Waals surface area contributed by atoms with Crippen molar-refractivity contribution in [1.82, 2.24) is 10.2 Å². The summed E-state index contributed by atoms with van der Waals surface area (Å²) in [6.07, 6.45) is 2.11. The highest BCUT2D eigenvalue weighted by Crippen LogP contribution is 2.28. The van der Waals surface area contributed by atoms with Gasteiger partial charge in [0.2, 0.25) is 11.8 Å². The molecule has 36 heavy (non-hydrogen) atoms. The van der Waals surface area contributed by atoms with Gasteiger partial charge in [-0.1, -0.05) is 102 Å². The van der Waals surface area contributed by atoms with Crippen molar-refractivity contribution in [2.75, 3.05) is 6.54 Å². The number of unbranched alkanes of at least 4 members (excludes halogenated alkanes) is 1. The Morgan fingerprint density at radius 2 is 1.58 bits per heavy atom. The molecule has 1 unspecified atom stereocenters. The van der Waals surface area contributed by atoms with E-state index in [1.165, 1.54) is 0 Å². The molecule has 190 valence electrons. The lowest BCUT2D eigenvalue weighted by Crippen LogP contribution is -2.51. The fourth-order valence-corrected chi connectivity index (χ4v) is 4.84. The van der Waals surface area contributed by atoms with Gasteiger partial charge in [0.15, 0.2) is 0 Å². The van der Waals surface area contributed by atoms with Crippen molar-refractivity contribution in [3.05, 3.63) is 104 Å². The summed E-state index contributed by atoms with van der Waals surface area (Å²) in [5, 5.41) is 4.71. The van der Waals surface area contributed by atoms with Crippen molar-refractivity contribution in [3.63, 3.8) is 0 Å². The molecule has 0 bridgehead atoms. The predicted molar refractivity (Wildman–Crippen MR) is 149 cm³/mol. The number of rotatable bonds is 11. The number of nitrogens with zero attached hydrogens (tertiary/aromatic N) is 1. The first kappa shape index (κ1) is 28.3. The van der Waals surface area contributed by atoms with Crippen LogP contribution in [-0.2, 0) is 29.0 Å². The number of amides is 2. The van der Waals surface area contributed by atoms with Crippen LogP contribution in [0.3, 0.4) is 0 Å². The number of halogens is 4. The van der Waals surface area contributed by atoms with Gasteiger partial charge >= 0.3 is 0 Å². The molecule has 0 fully saturated rings. The molecule has 1 N–H and O–H groups in total. The Bertz CT molecular complexity index is 1170. The van der Waals surface area contributed by atoms with Crippen LogP contribution in [0.5, 0.6) is 0 Å². The molecule has 0 aromatic heterocycles. The summed E-state index contributed by atoms with van der Waals surface area (Å²) in [4.78, 5) is 28.8. The Hall–Kier alpha value is -2.24. The van der Waals surface area contributed by atoms with E-state index in [0.29, 0.717) is 44.2 Å². The molecule has 3 aromatic carbocycles. The number of hydrogen-bond acceptors (Lipinski definition) is 2. The van der Waals surface area contributed by atoms with Crippen molar-refractivity contribution in [1.29, 1.82) is 0 Å². The minimum absolute atomic E-state index is 0.00833. The summed E-state index contributed by atoms with van der Waals surface area (Å²) in [5.74, 6) is -0.507. The zero-order valence-electron chi connectivity index (χ0n) is 19.9. The van der Waals surface area contributed by atoms with Crippen LogP contribution in [-0.4, -0.2) is 29.3 Å². The molecule has 0 aliphatic carbocycles. The molecular formula is C28H28Cl4N2O2. The van der Waals surface area contributed by atoms with Gasteiger partial charge in [0.05, 0.1) is 6.42 Å². The van der Waals surface area contributed by atoms with Crippen LogP contribution in [0.2, 0.25) is 20.1 Å². The third-order valence-electron chi connectivity index (χ3n) is 5.85. The van der Waals surface area contributed by atoms with Crippen molar-refractivity contribution in [2.45, 2.75) is 45.2 Å². The largest absolute Gasteiger partial charge is 0.354 e.